The van der Waals surface area contributed by atoms with E-state index in [-0.39, 0.29) is 25.0 Å². The summed E-state index contributed by atoms with van der Waals surface area (Å²) < 4.78 is 9.42. The molecule has 0 aliphatic carbocycles. The Labute approximate surface area is 153 Å². The van der Waals surface area contributed by atoms with E-state index in [4.69, 9.17) is 10.3 Å². The number of carbonyl (C=O) groups excluding carboxylic acids is 4. The number of rotatable bonds is 11. The largest absolute Gasteiger partial charge is 0.466 e. The number of carbonyl (C=O) groups is 4. The van der Waals surface area contributed by atoms with Gasteiger partial charge in [0.1, 0.15) is 11.4 Å². The van der Waals surface area contributed by atoms with Crippen LogP contribution in [0.3, 0.4) is 0 Å². The third kappa shape index (κ3) is 11.0. The van der Waals surface area contributed by atoms with Gasteiger partial charge in [-0.1, -0.05) is 6.08 Å². The number of unbranched alkanes of at least 4 members (excludes halogenated alkanes) is 2. The van der Waals surface area contributed by atoms with Crippen molar-refractivity contribution in [2.75, 3.05) is 7.11 Å². The van der Waals surface area contributed by atoms with Crippen molar-refractivity contribution < 1.29 is 33.4 Å². The van der Waals surface area contributed by atoms with Gasteiger partial charge in [0, 0.05) is 25.3 Å². The summed E-state index contributed by atoms with van der Waals surface area (Å²) in [5, 5.41) is 0. The zero-order valence-electron chi connectivity index (χ0n) is 15.7. The van der Waals surface area contributed by atoms with Crippen LogP contribution in [0.5, 0.6) is 0 Å². The molecule has 0 spiro atoms. The second kappa shape index (κ2) is 11.9. The van der Waals surface area contributed by atoms with Gasteiger partial charge in [-0.05, 0) is 40.0 Å². The Morgan fingerprint density at radius 2 is 1.69 bits per heavy atom. The molecule has 26 heavy (non-hydrogen) atoms. The highest BCUT2D eigenvalue weighted by Gasteiger charge is 2.33. The van der Waals surface area contributed by atoms with E-state index in [0.717, 1.165) is 0 Å². The van der Waals surface area contributed by atoms with Crippen molar-refractivity contribution in [2.24, 2.45) is 0 Å². The maximum atomic E-state index is 11.9. The van der Waals surface area contributed by atoms with Gasteiger partial charge in [0.05, 0.1) is 7.11 Å². The fourth-order valence-corrected chi connectivity index (χ4v) is 1.87. The van der Waals surface area contributed by atoms with E-state index < -0.39 is 29.0 Å². The van der Waals surface area contributed by atoms with Crippen LogP contribution in [0.2, 0.25) is 0 Å². The first-order valence-electron chi connectivity index (χ1n) is 8.35. The van der Waals surface area contributed by atoms with Crippen molar-refractivity contribution in [3.05, 3.63) is 17.7 Å². The summed E-state index contributed by atoms with van der Waals surface area (Å²) in [6.07, 6.45) is 4.99. The van der Waals surface area contributed by atoms with Crippen LogP contribution in [0.1, 0.15) is 59.3 Å². The van der Waals surface area contributed by atoms with Crippen LogP contribution in [-0.2, 0) is 28.7 Å². The number of hydrogen-bond acceptors (Lipinski definition) is 6. The molecular weight excluding hydrogens is 340 g/mol. The minimum atomic E-state index is -1.02. The molecule has 0 aliphatic heterocycles. The molecule has 0 aromatic rings. The van der Waals surface area contributed by atoms with Gasteiger partial charge in [-0.3, -0.25) is 9.59 Å². The minimum Gasteiger partial charge on any atom is -0.466 e. The average molecular weight is 366 g/mol. The van der Waals surface area contributed by atoms with Gasteiger partial charge in [0.15, 0.2) is 0 Å². The van der Waals surface area contributed by atoms with Gasteiger partial charge >= 0.3 is 17.7 Å². The molecule has 0 aliphatic rings. The van der Waals surface area contributed by atoms with Crippen LogP contribution in [0.15, 0.2) is 12.2 Å². The predicted molar refractivity (Wildman–Crippen MR) is 93.3 cm³/mol. The lowest BCUT2D eigenvalue weighted by molar-refractivity contribution is -0.152. The van der Waals surface area contributed by atoms with Gasteiger partial charge in [0.2, 0.25) is 0 Å². The lowest BCUT2D eigenvalue weighted by Crippen LogP contribution is -2.34. The SMILES string of the molecule is COC(=O)/C=C/CCCCC(=O)CCC(=O)C(=[N+]=[N-])C(=O)OC(C)(C)C. The number of hydrogen-bond donors (Lipinski definition) is 0. The second-order valence-corrected chi connectivity index (χ2v) is 6.58. The van der Waals surface area contributed by atoms with Gasteiger partial charge in [0.25, 0.3) is 5.78 Å². The van der Waals surface area contributed by atoms with E-state index >= 15 is 0 Å². The number of ether oxygens (including phenoxy) is 2. The van der Waals surface area contributed by atoms with E-state index in [9.17, 15) is 19.2 Å². The predicted octanol–water partition coefficient (Wildman–Crippen LogP) is 2.21. The highest BCUT2D eigenvalue weighted by molar-refractivity contribution is 6.62. The maximum absolute atomic E-state index is 11.9. The summed E-state index contributed by atoms with van der Waals surface area (Å²) >= 11 is 0. The van der Waals surface area contributed by atoms with E-state index in [1.165, 1.54) is 13.2 Å². The first kappa shape index (κ1) is 23.4. The van der Waals surface area contributed by atoms with E-state index in [2.05, 4.69) is 9.53 Å². The van der Waals surface area contributed by atoms with Crippen LogP contribution < -0.4 is 0 Å². The number of nitrogens with zero attached hydrogens (tertiary/aromatic N) is 2. The lowest BCUT2D eigenvalue weighted by Gasteiger charge is -2.17. The number of ketones is 2. The Morgan fingerprint density at radius 1 is 1.04 bits per heavy atom. The zero-order chi connectivity index (χ0) is 20.2. The summed E-state index contributed by atoms with van der Waals surface area (Å²) in [5.74, 6) is -2.31. The zero-order valence-corrected chi connectivity index (χ0v) is 15.7. The third-order valence-corrected chi connectivity index (χ3v) is 3.12. The molecule has 8 nitrogen and oxygen atoms in total. The number of Topliss-reactive ketones (excluding diaryl/α,β-unsaturated/α-hetero) is 2. The molecule has 0 saturated heterocycles. The molecule has 0 saturated carbocycles. The van der Waals surface area contributed by atoms with Crippen LogP contribution in [0.25, 0.3) is 5.53 Å². The molecule has 0 atom stereocenters. The van der Waals surface area contributed by atoms with Crippen molar-refractivity contribution in [3.8, 4) is 0 Å². The maximum Gasteiger partial charge on any atom is 0.441 e. The fourth-order valence-electron chi connectivity index (χ4n) is 1.87. The van der Waals surface area contributed by atoms with Crippen LogP contribution in [0, 0.1) is 0 Å². The summed E-state index contributed by atoms with van der Waals surface area (Å²) in [7, 11) is 1.29. The number of allylic oxidation sites excluding steroid dienone is 1. The Kier molecular flexibility index (Phi) is 10.7. The van der Waals surface area contributed by atoms with Crippen molar-refractivity contribution in [3.63, 3.8) is 0 Å². The molecule has 0 unspecified atom stereocenters. The molecule has 0 rings (SSSR count). The fraction of sp³-hybridized carbons (Fsp3) is 0.611. The first-order chi connectivity index (χ1) is 12.1. The van der Waals surface area contributed by atoms with Gasteiger partial charge in [-0.2, -0.15) is 4.79 Å². The summed E-state index contributed by atoms with van der Waals surface area (Å²) in [6, 6.07) is 0. The lowest BCUT2D eigenvalue weighted by atomic mass is 10.0. The molecule has 0 aromatic heterocycles. The Morgan fingerprint density at radius 3 is 2.23 bits per heavy atom. The summed E-state index contributed by atoms with van der Waals surface area (Å²) in [4.78, 5) is 49.0. The highest BCUT2D eigenvalue weighted by atomic mass is 16.6. The van der Waals surface area contributed by atoms with Gasteiger partial charge in [-0.15, -0.1) is 0 Å². The van der Waals surface area contributed by atoms with Crippen molar-refractivity contribution in [1.29, 1.82) is 0 Å². The number of esters is 2. The molecule has 8 heteroatoms. The molecule has 0 N–H and O–H groups in total. The van der Waals surface area contributed by atoms with E-state index in [1.807, 2.05) is 0 Å². The molecular formula is C18H26N2O6. The smallest absolute Gasteiger partial charge is 0.441 e. The molecule has 0 heterocycles. The van der Waals surface area contributed by atoms with Crippen molar-refractivity contribution in [1.82, 2.24) is 0 Å². The first-order valence-corrected chi connectivity index (χ1v) is 8.35. The highest BCUT2D eigenvalue weighted by Crippen LogP contribution is 2.09. The quantitative estimate of drug-likeness (QED) is 0.105. The third-order valence-electron chi connectivity index (χ3n) is 3.12. The van der Waals surface area contributed by atoms with Crippen molar-refractivity contribution >= 4 is 29.2 Å². The van der Waals surface area contributed by atoms with Gasteiger partial charge < -0.3 is 15.0 Å². The van der Waals surface area contributed by atoms with Gasteiger partial charge in [-0.25, -0.2) is 9.59 Å². The monoisotopic (exact) mass is 366 g/mol. The van der Waals surface area contributed by atoms with E-state index in [1.54, 1.807) is 26.8 Å². The van der Waals surface area contributed by atoms with Crippen LogP contribution in [-0.4, -0.2) is 46.7 Å². The summed E-state index contributed by atoms with van der Waals surface area (Å²) in [6.45, 7) is 4.86. The number of methoxy groups -OCH3 is 1. The van der Waals surface area contributed by atoms with Crippen LogP contribution in [0.4, 0.5) is 0 Å². The second-order valence-electron chi connectivity index (χ2n) is 6.58. The Hall–Kier alpha value is -2.60. The molecule has 0 fully saturated rings. The molecule has 0 bridgehead atoms. The Balaban J connectivity index is 4.19. The molecule has 144 valence electrons. The molecule has 0 radical (unpaired) electrons. The Bertz CT molecular complexity index is 610. The average Bonchev–Trinajstić information content (AvgIpc) is 2.54. The van der Waals surface area contributed by atoms with Crippen molar-refractivity contribution in [2.45, 2.75) is 64.9 Å². The molecule has 0 aromatic carbocycles. The molecule has 0 amide bonds. The standard InChI is InChI=1S/C18H26N2O6/c1-18(2,3)26-17(24)16(20-19)14(22)12-11-13(21)9-7-5-6-8-10-15(23)25-4/h8,10H,5-7,9,11-12H2,1-4H3/b10-8+. The summed E-state index contributed by atoms with van der Waals surface area (Å²) in [5.41, 5.74) is 7.32. The minimum absolute atomic E-state index is 0.0430. The topological polar surface area (TPSA) is 123 Å². The van der Waals surface area contributed by atoms with E-state index in [0.29, 0.717) is 19.3 Å². The normalized spacial score (nSPS) is 10.9. The van der Waals surface area contributed by atoms with Crippen LogP contribution >= 0.6 is 0 Å².